The van der Waals surface area contributed by atoms with Crippen LogP contribution in [0.15, 0.2) is 60.7 Å². The molecule has 3 aromatic carbocycles. The molecule has 0 saturated carbocycles. The fraction of sp³-hybridized carbons (Fsp3) is 0.0526. The Kier molecular flexibility index (Phi) is 3.81. The molecule has 0 aliphatic carbocycles. The highest BCUT2D eigenvalue weighted by molar-refractivity contribution is 6.22. The van der Waals surface area contributed by atoms with E-state index < -0.39 is 5.97 Å². The summed E-state index contributed by atoms with van der Waals surface area (Å²) >= 11 is 0. The number of carboxylic acid groups (broad SMARTS) is 1. The maximum Gasteiger partial charge on any atom is 0.336 e. The average Bonchev–Trinajstić information content (AvgIpc) is 2.59. The van der Waals surface area contributed by atoms with E-state index in [1.165, 1.54) is 13.2 Å². The van der Waals surface area contributed by atoms with Gasteiger partial charge in [-0.2, -0.15) is 0 Å². The molecule has 3 rings (SSSR count). The summed E-state index contributed by atoms with van der Waals surface area (Å²) in [5, 5.41) is 10.9. The van der Waals surface area contributed by atoms with E-state index in [1.54, 1.807) is 42.5 Å². The third-order valence-corrected chi connectivity index (χ3v) is 3.74. The van der Waals surface area contributed by atoms with Crippen molar-refractivity contribution < 1.29 is 19.4 Å². The van der Waals surface area contributed by atoms with E-state index in [-0.39, 0.29) is 16.9 Å². The smallest absolute Gasteiger partial charge is 0.336 e. The number of fused-ring (bicyclic) bond motifs is 1. The highest BCUT2D eigenvalue weighted by Crippen LogP contribution is 2.28. The second kappa shape index (κ2) is 5.93. The summed E-state index contributed by atoms with van der Waals surface area (Å²) in [6.45, 7) is 0. The van der Waals surface area contributed by atoms with Gasteiger partial charge in [0.2, 0.25) is 0 Å². The molecule has 0 atom stereocenters. The number of aromatic carboxylic acids is 1. The lowest BCUT2D eigenvalue weighted by Crippen LogP contribution is -2.11. The van der Waals surface area contributed by atoms with Gasteiger partial charge in [-0.25, -0.2) is 4.79 Å². The maximum absolute atomic E-state index is 13.0. The molecule has 0 aromatic heterocycles. The van der Waals surface area contributed by atoms with Gasteiger partial charge in [-0.3, -0.25) is 4.79 Å². The van der Waals surface area contributed by atoms with E-state index in [1.807, 2.05) is 12.1 Å². The molecule has 0 amide bonds. The van der Waals surface area contributed by atoms with Crippen LogP contribution in [0.5, 0.6) is 5.75 Å². The molecule has 0 aliphatic rings. The summed E-state index contributed by atoms with van der Waals surface area (Å²) in [5.41, 5.74) is 0.508. The van der Waals surface area contributed by atoms with Gasteiger partial charge in [-0.15, -0.1) is 0 Å². The lowest BCUT2D eigenvalue weighted by atomic mass is 9.92. The van der Waals surface area contributed by atoms with Crippen molar-refractivity contribution in [2.45, 2.75) is 0 Å². The number of ether oxygens (including phenoxy) is 1. The fourth-order valence-corrected chi connectivity index (χ4v) is 2.66. The Balaban J connectivity index is 2.31. The number of benzene rings is 3. The Labute approximate surface area is 132 Å². The fourth-order valence-electron chi connectivity index (χ4n) is 2.66. The number of carbonyl (C=O) groups excluding carboxylic acids is 1. The number of para-hydroxylation sites is 1. The highest BCUT2D eigenvalue weighted by atomic mass is 16.5. The molecule has 0 spiro atoms. The molecule has 4 nitrogen and oxygen atoms in total. The molecule has 0 heterocycles. The van der Waals surface area contributed by atoms with Gasteiger partial charge in [-0.1, -0.05) is 42.5 Å². The first kappa shape index (κ1) is 14.8. The van der Waals surface area contributed by atoms with E-state index >= 15 is 0 Å². The molecule has 0 radical (unpaired) electrons. The van der Waals surface area contributed by atoms with Gasteiger partial charge in [0.05, 0.1) is 18.2 Å². The topological polar surface area (TPSA) is 63.6 Å². The monoisotopic (exact) mass is 306 g/mol. The van der Waals surface area contributed by atoms with E-state index in [4.69, 9.17) is 4.74 Å². The van der Waals surface area contributed by atoms with Crippen LogP contribution in [0.3, 0.4) is 0 Å². The quantitative estimate of drug-likeness (QED) is 0.745. The Hall–Kier alpha value is -3.14. The van der Waals surface area contributed by atoms with Crippen LogP contribution in [0.1, 0.15) is 26.3 Å². The molecule has 4 heteroatoms. The molecule has 23 heavy (non-hydrogen) atoms. The van der Waals surface area contributed by atoms with E-state index in [0.717, 1.165) is 5.39 Å². The van der Waals surface area contributed by atoms with Gasteiger partial charge in [0.15, 0.2) is 5.78 Å². The number of hydrogen-bond acceptors (Lipinski definition) is 3. The summed E-state index contributed by atoms with van der Waals surface area (Å²) in [6.07, 6.45) is 0. The molecule has 0 aliphatic heterocycles. The zero-order chi connectivity index (χ0) is 16.4. The third kappa shape index (κ3) is 2.55. The number of methoxy groups -OCH3 is 1. The molecular formula is C19H14O4. The largest absolute Gasteiger partial charge is 0.496 e. The number of hydrogen-bond donors (Lipinski definition) is 1. The van der Waals surface area contributed by atoms with Gasteiger partial charge in [0.1, 0.15) is 5.75 Å². The van der Waals surface area contributed by atoms with Crippen molar-refractivity contribution in [1.29, 1.82) is 0 Å². The van der Waals surface area contributed by atoms with Crippen LogP contribution in [0, 0.1) is 0 Å². The van der Waals surface area contributed by atoms with E-state index in [0.29, 0.717) is 16.7 Å². The summed E-state index contributed by atoms with van der Waals surface area (Å²) < 4.78 is 5.23. The summed E-state index contributed by atoms with van der Waals surface area (Å²) in [7, 11) is 1.48. The number of ketones is 1. The van der Waals surface area contributed by atoms with Crippen molar-refractivity contribution in [1.82, 2.24) is 0 Å². The molecule has 0 fully saturated rings. The lowest BCUT2D eigenvalue weighted by molar-refractivity contribution is 0.0693. The Bertz CT molecular complexity index is 912. The van der Waals surface area contributed by atoms with Crippen molar-refractivity contribution >= 4 is 22.5 Å². The van der Waals surface area contributed by atoms with Crippen molar-refractivity contribution in [3.63, 3.8) is 0 Å². The van der Waals surface area contributed by atoms with Crippen molar-refractivity contribution in [2.24, 2.45) is 0 Å². The van der Waals surface area contributed by atoms with E-state index in [9.17, 15) is 14.7 Å². The van der Waals surface area contributed by atoms with Crippen LogP contribution in [-0.4, -0.2) is 24.0 Å². The van der Waals surface area contributed by atoms with Crippen LogP contribution in [-0.2, 0) is 0 Å². The minimum absolute atomic E-state index is 0.0143. The van der Waals surface area contributed by atoms with Gasteiger partial charge in [0.25, 0.3) is 0 Å². The maximum atomic E-state index is 13.0. The predicted octanol–water partition coefficient (Wildman–Crippen LogP) is 3.78. The Morgan fingerprint density at radius 1 is 0.870 bits per heavy atom. The van der Waals surface area contributed by atoms with Crippen molar-refractivity contribution in [2.75, 3.05) is 7.11 Å². The third-order valence-electron chi connectivity index (χ3n) is 3.74. The second-order valence-corrected chi connectivity index (χ2v) is 5.04. The summed E-state index contributed by atoms with van der Waals surface area (Å²) in [5.74, 6) is -1.08. The van der Waals surface area contributed by atoms with Gasteiger partial charge in [0, 0.05) is 5.56 Å². The first-order valence-electron chi connectivity index (χ1n) is 7.06. The molecule has 3 aromatic rings. The van der Waals surface area contributed by atoms with Gasteiger partial charge < -0.3 is 9.84 Å². The lowest BCUT2D eigenvalue weighted by Gasteiger charge is -2.12. The standard InChI is InChI=1S/C19H14O4/c1-23-16-9-5-4-8-14(16)18(20)17-13-7-3-2-6-12(13)10-11-15(17)19(21)22/h2-11H,1H3,(H,21,22). The van der Waals surface area contributed by atoms with Gasteiger partial charge in [-0.05, 0) is 29.0 Å². The van der Waals surface area contributed by atoms with Crippen LogP contribution < -0.4 is 4.74 Å². The van der Waals surface area contributed by atoms with E-state index in [2.05, 4.69) is 0 Å². The van der Waals surface area contributed by atoms with Crippen LogP contribution in [0.4, 0.5) is 0 Å². The predicted molar refractivity (Wildman–Crippen MR) is 87.3 cm³/mol. The van der Waals surface area contributed by atoms with Crippen molar-refractivity contribution in [3.05, 3.63) is 77.4 Å². The van der Waals surface area contributed by atoms with Crippen molar-refractivity contribution in [3.8, 4) is 5.75 Å². The summed E-state index contributed by atoms with van der Waals surface area (Å²) in [4.78, 5) is 24.6. The first-order chi connectivity index (χ1) is 11.1. The first-order valence-corrected chi connectivity index (χ1v) is 7.06. The molecule has 114 valence electrons. The number of rotatable bonds is 4. The molecule has 0 saturated heterocycles. The normalized spacial score (nSPS) is 10.5. The highest BCUT2D eigenvalue weighted by Gasteiger charge is 2.23. The number of carbonyl (C=O) groups is 2. The number of carboxylic acids is 1. The van der Waals surface area contributed by atoms with Crippen LogP contribution >= 0.6 is 0 Å². The minimum atomic E-state index is -1.13. The SMILES string of the molecule is COc1ccccc1C(=O)c1c(C(=O)O)ccc2ccccc12. The molecule has 1 N–H and O–H groups in total. The summed E-state index contributed by atoms with van der Waals surface area (Å²) in [6, 6.07) is 17.2. The Morgan fingerprint density at radius 3 is 2.30 bits per heavy atom. The minimum Gasteiger partial charge on any atom is -0.496 e. The second-order valence-electron chi connectivity index (χ2n) is 5.04. The average molecular weight is 306 g/mol. The van der Waals surface area contributed by atoms with Crippen LogP contribution in [0.25, 0.3) is 10.8 Å². The van der Waals surface area contributed by atoms with Gasteiger partial charge >= 0.3 is 5.97 Å². The Morgan fingerprint density at radius 2 is 1.57 bits per heavy atom. The zero-order valence-electron chi connectivity index (χ0n) is 12.4. The zero-order valence-corrected chi connectivity index (χ0v) is 12.4. The molecule has 0 unspecified atom stereocenters. The molecule has 0 bridgehead atoms. The van der Waals surface area contributed by atoms with Crippen LogP contribution in [0.2, 0.25) is 0 Å². The molecular weight excluding hydrogens is 292 g/mol.